The van der Waals surface area contributed by atoms with E-state index in [1.165, 1.54) is 0 Å². The van der Waals surface area contributed by atoms with Crippen molar-refractivity contribution in [1.82, 2.24) is 0 Å². The van der Waals surface area contributed by atoms with Crippen LogP contribution in [0.3, 0.4) is 0 Å². The first-order valence-corrected chi connectivity index (χ1v) is 4.66. The molecule has 0 amide bonds. The Kier molecular flexibility index (Phi) is 4.95. The van der Waals surface area contributed by atoms with Crippen LogP contribution in [0.15, 0.2) is 0 Å². The van der Waals surface area contributed by atoms with E-state index in [9.17, 15) is 9.90 Å². The average molecular weight is 189 g/mol. The molecule has 1 atom stereocenters. The van der Waals surface area contributed by atoms with Gasteiger partial charge in [-0.2, -0.15) is 0 Å². The molecule has 0 fully saturated rings. The quantitative estimate of drug-likeness (QED) is 0.615. The fourth-order valence-corrected chi connectivity index (χ4v) is 1.14. The molecule has 0 aromatic carbocycles. The van der Waals surface area contributed by atoms with Crippen LogP contribution in [0.5, 0.6) is 0 Å². The summed E-state index contributed by atoms with van der Waals surface area (Å²) in [4.78, 5) is 11.2. The molecule has 0 aromatic rings. The van der Waals surface area contributed by atoms with E-state index in [1.807, 2.05) is 0 Å². The Morgan fingerprint density at radius 3 is 2.23 bits per heavy atom. The molecule has 0 rings (SSSR count). The lowest BCUT2D eigenvalue weighted by Gasteiger charge is -2.29. The third-order valence-electron chi connectivity index (χ3n) is 2.34. The molecule has 1 unspecified atom stereocenters. The number of ether oxygens (including phenoxy) is 1. The van der Waals surface area contributed by atoms with Gasteiger partial charge >= 0.3 is 5.97 Å². The molecule has 0 aliphatic rings. The summed E-state index contributed by atoms with van der Waals surface area (Å²) in [6.45, 7) is 5.59. The molecule has 0 aliphatic heterocycles. The topological polar surface area (TPSA) is 72.5 Å². The monoisotopic (exact) mass is 189 g/mol. The van der Waals surface area contributed by atoms with Gasteiger partial charge in [0.2, 0.25) is 0 Å². The third kappa shape index (κ3) is 2.97. The smallest absolute Gasteiger partial charge is 0.325 e. The first-order valence-electron chi connectivity index (χ1n) is 4.66. The molecule has 4 nitrogen and oxygen atoms in total. The molecule has 0 saturated heterocycles. The van der Waals surface area contributed by atoms with E-state index in [1.54, 1.807) is 20.8 Å². The van der Waals surface area contributed by atoms with Crippen LogP contribution in [0.25, 0.3) is 0 Å². The Morgan fingerprint density at radius 1 is 1.46 bits per heavy atom. The van der Waals surface area contributed by atoms with Gasteiger partial charge in [-0.1, -0.05) is 13.8 Å². The highest BCUT2D eigenvalue weighted by molar-refractivity contribution is 5.77. The van der Waals surface area contributed by atoms with E-state index in [-0.39, 0.29) is 6.61 Å². The zero-order valence-corrected chi connectivity index (χ0v) is 8.54. The van der Waals surface area contributed by atoms with Crippen LogP contribution < -0.4 is 5.73 Å². The molecule has 3 N–H and O–H groups in total. The van der Waals surface area contributed by atoms with Crippen LogP contribution in [0.2, 0.25) is 0 Å². The fraction of sp³-hybridized carbons (Fsp3) is 0.889. The standard InChI is InChI=1S/C9H19NO3/c1-4-9(12,5-2)7(10)8(11)13-6-3/h7,12H,4-6,10H2,1-3H3. The summed E-state index contributed by atoms with van der Waals surface area (Å²) < 4.78 is 4.73. The van der Waals surface area contributed by atoms with Crippen molar-refractivity contribution < 1.29 is 14.6 Å². The second-order valence-corrected chi connectivity index (χ2v) is 3.04. The van der Waals surface area contributed by atoms with Gasteiger partial charge < -0.3 is 15.6 Å². The van der Waals surface area contributed by atoms with Gasteiger partial charge in [0, 0.05) is 0 Å². The highest BCUT2D eigenvalue weighted by Gasteiger charge is 2.36. The highest BCUT2D eigenvalue weighted by atomic mass is 16.5. The van der Waals surface area contributed by atoms with Crippen molar-refractivity contribution in [3.63, 3.8) is 0 Å². The maximum absolute atomic E-state index is 11.2. The Bertz CT molecular complexity index is 166. The van der Waals surface area contributed by atoms with Crippen LogP contribution in [0, 0.1) is 0 Å². The molecule has 0 aromatic heterocycles. The lowest BCUT2D eigenvalue weighted by molar-refractivity contribution is -0.152. The van der Waals surface area contributed by atoms with Gasteiger partial charge in [-0.05, 0) is 19.8 Å². The third-order valence-corrected chi connectivity index (χ3v) is 2.34. The number of hydrogen-bond acceptors (Lipinski definition) is 4. The first kappa shape index (κ1) is 12.4. The number of nitrogens with two attached hydrogens (primary N) is 1. The minimum atomic E-state index is -1.13. The van der Waals surface area contributed by atoms with Crippen molar-refractivity contribution in [1.29, 1.82) is 0 Å². The van der Waals surface area contributed by atoms with Gasteiger partial charge in [-0.25, -0.2) is 0 Å². The molecular formula is C9H19NO3. The Hall–Kier alpha value is -0.610. The summed E-state index contributed by atoms with van der Waals surface area (Å²) in [5.41, 5.74) is 4.45. The van der Waals surface area contributed by atoms with Crippen LogP contribution in [-0.2, 0) is 9.53 Å². The Labute approximate surface area is 79.1 Å². The van der Waals surface area contributed by atoms with Crippen molar-refractivity contribution in [2.24, 2.45) is 5.73 Å². The normalized spacial score (nSPS) is 13.9. The number of hydrogen-bond donors (Lipinski definition) is 2. The maximum Gasteiger partial charge on any atom is 0.325 e. The molecule has 78 valence electrons. The van der Waals surface area contributed by atoms with Gasteiger partial charge in [0.1, 0.15) is 6.04 Å². The molecule has 0 heterocycles. The van der Waals surface area contributed by atoms with Crippen LogP contribution >= 0.6 is 0 Å². The first-order chi connectivity index (χ1) is 6.01. The molecular weight excluding hydrogens is 170 g/mol. The summed E-state index contributed by atoms with van der Waals surface area (Å²) in [5, 5.41) is 9.87. The van der Waals surface area contributed by atoms with Crippen LogP contribution in [0.1, 0.15) is 33.6 Å². The predicted molar refractivity (Wildman–Crippen MR) is 50.1 cm³/mol. The van der Waals surface area contributed by atoms with E-state index in [4.69, 9.17) is 10.5 Å². The summed E-state index contributed by atoms with van der Waals surface area (Å²) >= 11 is 0. The van der Waals surface area contributed by atoms with Crippen molar-refractivity contribution >= 4 is 5.97 Å². The van der Waals surface area contributed by atoms with Crippen molar-refractivity contribution in [2.45, 2.75) is 45.3 Å². The summed E-state index contributed by atoms with van der Waals surface area (Å²) in [5.74, 6) is -0.534. The highest BCUT2D eigenvalue weighted by Crippen LogP contribution is 2.18. The zero-order chi connectivity index (χ0) is 10.5. The van der Waals surface area contributed by atoms with E-state index >= 15 is 0 Å². The molecule has 4 heteroatoms. The van der Waals surface area contributed by atoms with Gasteiger partial charge in [-0.3, -0.25) is 4.79 Å². The second-order valence-electron chi connectivity index (χ2n) is 3.04. The minimum Gasteiger partial charge on any atom is -0.465 e. The van der Waals surface area contributed by atoms with Gasteiger partial charge in [0.25, 0.3) is 0 Å². The molecule has 13 heavy (non-hydrogen) atoms. The van der Waals surface area contributed by atoms with Crippen molar-refractivity contribution in [2.75, 3.05) is 6.61 Å². The molecule has 0 bridgehead atoms. The molecule has 0 spiro atoms. The number of aliphatic hydroxyl groups is 1. The molecule has 0 aliphatic carbocycles. The largest absolute Gasteiger partial charge is 0.465 e. The van der Waals surface area contributed by atoms with Gasteiger partial charge in [0.15, 0.2) is 0 Å². The number of esters is 1. The van der Waals surface area contributed by atoms with Crippen LogP contribution in [0.4, 0.5) is 0 Å². The zero-order valence-electron chi connectivity index (χ0n) is 8.54. The predicted octanol–water partition coefficient (Wildman–Crippen LogP) is 0.428. The lowest BCUT2D eigenvalue weighted by atomic mass is 9.89. The van der Waals surface area contributed by atoms with E-state index < -0.39 is 17.6 Å². The summed E-state index contributed by atoms with van der Waals surface area (Å²) in [6.07, 6.45) is 0.896. The average Bonchev–Trinajstić information content (AvgIpc) is 2.16. The van der Waals surface area contributed by atoms with Gasteiger partial charge in [-0.15, -0.1) is 0 Å². The Balaban J connectivity index is 4.36. The van der Waals surface area contributed by atoms with E-state index in [0.717, 1.165) is 0 Å². The van der Waals surface area contributed by atoms with Gasteiger partial charge in [0.05, 0.1) is 12.2 Å². The second kappa shape index (κ2) is 5.19. The number of carbonyl (C=O) groups is 1. The minimum absolute atomic E-state index is 0.288. The van der Waals surface area contributed by atoms with Crippen LogP contribution in [-0.4, -0.2) is 29.3 Å². The number of rotatable bonds is 5. The molecule has 0 saturated carbocycles. The van der Waals surface area contributed by atoms with Crippen molar-refractivity contribution in [3.05, 3.63) is 0 Å². The SMILES string of the molecule is CCOC(=O)C(N)C(O)(CC)CC. The fourth-order valence-electron chi connectivity index (χ4n) is 1.14. The van der Waals surface area contributed by atoms with Crippen molar-refractivity contribution in [3.8, 4) is 0 Å². The number of carbonyl (C=O) groups excluding carboxylic acids is 1. The molecule has 0 radical (unpaired) electrons. The maximum atomic E-state index is 11.2. The lowest BCUT2D eigenvalue weighted by Crippen LogP contribution is -2.52. The summed E-state index contributed by atoms with van der Waals surface area (Å²) in [7, 11) is 0. The summed E-state index contributed by atoms with van der Waals surface area (Å²) in [6, 6.07) is -0.942. The Morgan fingerprint density at radius 2 is 1.92 bits per heavy atom. The van der Waals surface area contributed by atoms with E-state index in [0.29, 0.717) is 12.8 Å². The van der Waals surface area contributed by atoms with E-state index in [2.05, 4.69) is 0 Å².